The smallest absolute Gasteiger partial charge is 0.410 e. The van der Waals surface area contributed by atoms with Crippen LogP contribution in [0.2, 0.25) is 0 Å². The van der Waals surface area contributed by atoms with Gasteiger partial charge in [-0.15, -0.1) is 5.10 Å². The van der Waals surface area contributed by atoms with Crippen LogP contribution in [-0.4, -0.2) is 37.6 Å². The third-order valence-corrected chi connectivity index (χ3v) is 3.55. The molecule has 0 fully saturated rings. The van der Waals surface area contributed by atoms with Crippen molar-refractivity contribution in [1.29, 1.82) is 0 Å². The summed E-state index contributed by atoms with van der Waals surface area (Å²) in [6.07, 6.45) is -0.279. The molecule has 0 saturated carbocycles. The molecular formula is C11H17IN4O2. The zero-order valence-electron chi connectivity index (χ0n) is 11.0. The van der Waals surface area contributed by atoms with Crippen LogP contribution in [0, 0.1) is 3.70 Å². The molecule has 1 aliphatic heterocycles. The highest BCUT2D eigenvalue weighted by atomic mass is 127. The number of nitrogens with zero attached hydrogens (tertiary/aromatic N) is 4. The van der Waals surface area contributed by atoms with Crippen LogP contribution < -0.4 is 0 Å². The average molecular weight is 364 g/mol. The van der Waals surface area contributed by atoms with Crippen molar-refractivity contribution in [2.24, 2.45) is 0 Å². The van der Waals surface area contributed by atoms with Gasteiger partial charge in [0.15, 0.2) is 0 Å². The van der Waals surface area contributed by atoms with E-state index in [1.165, 1.54) is 0 Å². The van der Waals surface area contributed by atoms with Crippen molar-refractivity contribution in [2.75, 3.05) is 0 Å². The Morgan fingerprint density at radius 3 is 2.78 bits per heavy atom. The van der Waals surface area contributed by atoms with Gasteiger partial charge in [-0.3, -0.25) is 4.90 Å². The summed E-state index contributed by atoms with van der Waals surface area (Å²) in [5.74, 6) is 0. The predicted molar refractivity (Wildman–Crippen MR) is 74.0 cm³/mol. The molecule has 2 heterocycles. The molecule has 0 unspecified atom stereocenters. The van der Waals surface area contributed by atoms with E-state index in [2.05, 4.69) is 32.9 Å². The van der Waals surface area contributed by atoms with E-state index in [4.69, 9.17) is 4.74 Å². The maximum absolute atomic E-state index is 12.1. The van der Waals surface area contributed by atoms with Crippen LogP contribution in [0.5, 0.6) is 0 Å². The standard InChI is InChI=1S/C11H17IN4O2/c1-7-5-16-8(9(12)13-14-16)6-15(7)10(17)18-11(2,3)4/h7H,5-6H2,1-4H3/t7-/m1/s1. The molecule has 1 aromatic rings. The number of amides is 1. The molecule has 1 aromatic heterocycles. The molecular weight excluding hydrogens is 347 g/mol. The Hall–Kier alpha value is -0.860. The Labute approximate surface area is 120 Å². The summed E-state index contributed by atoms with van der Waals surface area (Å²) in [6, 6.07) is 0.0600. The van der Waals surface area contributed by atoms with Crippen LogP contribution in [0.1, 0.15) is 33.4 Å². The summed E-state index contributed by atoms with van der Waals surface area (Å²) in [5.41, 5.74) is 0.499. The first kappa shape index (κ1) is 13.6. The summed E-state index contributed by atoms with van der Waals surface area (Å²) < 4.78 is 8.11. The van der Waals surface area contributed by atoms with Crippen LogP contribution in [0.4, 0.5) is 4.79 Å². The van der Waals surface area contributed by atoms with Crippen molar-refractivity contribution in [1.82, 2.24) is 19.9 Å². The van der Waals surface area contributed by atoms with E-state index in [1.807, 2.05) is 32.4 Å². The average Bonchev–Trinajstić information content (AvgIpc) is 2.56. The van der Waals surface area contributed by atoms with Crippen LogP contribution in [0.15, 0.2) is 0 Å². The Kier molecular flexibility index (Phi) is 3.52. The quantitative estimate of drug-likeness (QED) is 0.661. The number of carbonyl (C=O) groups is 1. The fourth-order valence-corrected chi connectivity index (χ4v) is 2.38. The molecule has 1 atom stereocenters. The van der Waals surface area contributed by atoms with Gasteiger partial charge in [-0.05, 0) is 50.3 Å². The molecule has 6 nitrogen and oxygen atoms in total. The number of halogens is 1. The predicted octanol–water partition coefficient (Wildman–Crippen LogP) is 2.02. The lowest BCUT2D eigenvalue weighted by atomic mass is 10.2. The Morgan fingerprint density at radius 1 is 1.50 bits per heavy atom. The van der Waals surface area contributed by atoms with Crippen molar-refractivity contribution in [3.8, 4) is 0 Å². The van der Waals surface area contributed by atoms with Gasteiger partial charge in [0.2, 0.25) is 0 Å². The van der Waals surface area contributed by atoms with Crippen LogP contribution >= 0.6 is 22.6 Å². The summed E-state index contributed by atoms with van der Waals surface area (Å²) in [6.45, 7) is 8.76. The summed E-state index contributed by atoms with van der Waals surface area (Å²) in [7, 11) is 0. The second kappa shape index (κ2) is 4.67. The maximum Gasteiger partial charge on any atom is 0.410 e. The molecule has 100 valence electrons. The molecule has 7 heteroatoms. The van der Waals surface area contributed by atoms with Gasteiger partial charge in [0.25, 0.3) is 0 Å². The van der Waals surface area contributed by atoms with E-state index in [-0.39, 0.29) is 12.1 Å². The van der Waals surface area contributed by atoms with Crippen LogP contribution in [0.3, 0.4) is 0 Å². The SMILES string of the molecule is C[C@@H]1Cn2nnc(I)c2CN1C(=O)OC(C)(C)C. The number of hydrogen-bond donors (Lipinski definition) is 0. The Bertz CT molecular complexity index is 466. The van der Waals surface area contributed by atoms with Gasteiger partial charge >= 0.3 is 6.09 Å². The number of fused-ring (bicyclic) bond motifs is 1. The fourth-order valence-electron chi connectivity index (χ4n) is 1.84. The normalized spacial score (nSPS) is 19.6. The van der Waals surface area contributed by atoms with Crippen LogP contribution in [-0.2, 0) is 17.8 Å². The van der Waals surface area contributed by atoms with Crippen molar-refractivity contribution in [3.05, 3.63) is 9.39 Å². The highest BCUT2D eigenvalue weighted by molar-refractivity contribution is 14.1. The lowest BCUT2D eigenvalue weighted by Gasteiger charge is -2.34. The van der Waals surface area contributed by atoms with Gasteiger partial charge in [-0.25, -0.2) is 9.48 Å². The molecule has 1 amide bonds. The molecule has 0 saturated heterocycles. The number of ether oxygens (including phenoxy) is 1. The zero-order valence-corrected chi connectivity index (χ0v) is 13.1. The number of carbonyl (C=O) groups excluding carboxylic acids is 1. The fraction of sp³-hybridized carbons (Fsp3) is 0.727. The first-order valence-electron chi connectivity index (χ1n) is 5.85. The molecule has 0 aliphatic carbocycles. The zero-order chi connectivity index (χ0) is 13.5. The van der Waals surface area contributed by atoms with E-state index >= 15 is 0 Å². The van der Waals surface area contributed by atoms with E-state index in [9.17, 15) is 4.79 Å². The summed E-state index contributed by atoms with van der Waals surface area (Å²) in [4.78, 5) is 13.8. The molecule has 0 bridgehead atoms. The first-order chi connectivity index (χ1) is 8.28. The minimum Gasteiger partial charge on any atom is -0.444 e. The van der Waals surface area contributed by atoms with Gasteiger partial charge in [0.05, 0.1) is 24.8 Å². The van der Waals surface area contributed by atoms with Crippen molar-refractivity contribution < 1.29 is 9.53 Å². The molecule has 0 N–H and O–H groups in total. The first-order valence-corrected chi connectivity index (χ1v) is 6.93. The van der Waals surface area contributed by atoms with Crippen LogP contribution in [0.25, 0.3) is 0 Å². The van der Waals surface area contributed by atoms with Gasteiger partial charge in [-0.2, -0.15) is 0 Å². The van der Waals surface area contributed by atoms with Crippen molar-refractivity contribution >= 4 is 28.7 Å². The number of rotatable bonds is 0. The summed E-state index contributed by atoms with van der Waals surface area (Å²) >= 11 is 2.13. The Morgan fingerprint density at radius 2 is 2.17 bits per heavy atom. The second-order valence-electron chi connectivity index (χ2n) is 5.47. The lowest BCUT2D eigenvalue weighted by Crippen LogP contribution is -2.47. The molecule has 1 aliphatic rings. The van der Waals surface area contributed by atoms with Gasteiger partial charge in [-0.1, -0.05) is 5.21 Å². The number of hydrogen-bond acceptors (Lipinski definition) is 4. The van der Waals surface area contributed by atoms with Gasteiger partial charge in [0, 0.05) is 0 Å². The second-order valence-corrected chi connectivity index (χ2v) is 6.49. The summed E-state index contributed by atoms with van der Waals surface area (Å²) in [5, 5.41) is 8.08. The minimum absolute atomic E-state index is 0.0600. The molecule has 0 aromatic carbocycles. The number of aromatic nitrogens is 3. The highest BCUT2D eigenvalue weighted by Crippen LogP contribution is 2.22. The molecule has 2 rings (SSSR count). The minimum atomic E-state index is -0.472. The maximum atomic E-state index is 12.1. The van der Waals surface area contributed by atoms with Gasteiger partial charge < -0.3 is 4.74 Å². The molecule has 0 spiro atoms. The third-order valence-electron chi connectivity index (χ3n) is 2.71. The van der Waals surface area contributed by atoms with E-state index < -0.39 is 5.60 Å². The molecule has 18 heavy (non-hydrogen) atoms. The molecule has 0 radical (unpaired) electrons. The third kappa shape index (κ3) is 2.76. The van der Waals surface area contributed by atoms with E-state index in [1.54, 1.807) is 4.90 Å². The van der Waals surface area contributed by atoms with Crippen molar-refractivity contribution in [2.45, 2.75) is 52.4 Å². The lowest BCUT2D eigenvalue weighted by molar-refractivity contribution is 0.00894. The van der Waals surface area contributed by atoms with Crippen molar-refractivity contribution in [3.63, 3.8) is 0 Å². The van der Waals surface area contributed by atoms with Gasteiger partial charge in [0.1, 0.15) is 9.30 Å². The van der Waals surface area contributed by atoms with E-state index in [0.717, 1.165) is 9.39 Å². The Balaban J connectivity index is 2.16. The monoisotopic (exact) mass is 364 g/mol. The largest absolute Gasteiger partial charge is 0.444 e. The highest BCUT2D eigenvalue weighted by Gasteiger charge is 2.32. The topological polar surface area (TPSA) is 60.2 Å². The van der Waals surface area contributed by atoms with E-state index in [0.29, 0.717) is 13.1 Å².